The Morgan fingerprint density at radius 3 is 2.72 bits per heavy atom. The fourth-order valence-electron chi connectivity index (χ4n) is 3.14. The Kier molecular flexibility index (Phi) is 6.91. The van der Waals surface area contributed by atoms with Gasteiger partial charge in [-0.25, -0.2) is 0 Å². The Morgan fingerprint density at radius 2 is 2.08 bits per heavy atom. The van der Waals surface area contributed by atoms with Crippen LogP contribution >= 0.6 is 0 Å². The highest BCUT2D eigenvalue weighted by molar-refractivity contribution is 5.82. The molecule has 1 aromatic rings. The molecule has 0 unspecified atom stereocenters. The van der Waals surface area contributed by atoms with E-state index in [4.69, 9.17) is 4.74 Å². The molecule has 7 nitrogen and oxygen atoms in total. The molecule has 0 spiro atoms. The number of nitro benzene ring substituents is 1. The van der Waals surface area contributed by atoms with Crippen molar-refractivity contribution in [3.63, 3.8) is 0 Å². The van der Waals surface area contributed by atoms with Crippen LogP contribution in [0.1, 0.15) is 55.3 Å². The summed E-state index contributed by atoms with van der Waals surface area (Å²) in [5.74, 6) is 0.508. The van der Waals surface area contributed by atoms with Crippen LogP contribution in [0.4, 0.5) is 5.69 Å². The van der Waals surface area contributed by atoms with Crippen LogP contribution in [0.3, 0.4) is 0 Å². The second-order valence-corrected chi connectivity index (χ2v) is 6.34. The lowest BCUT2D eigenvalue weighted by atomic mass is 9.94. The first-order valence-corrected chi connectivity index (χ1v) is 8.65. The number of carbonyl (C=O) groups excluding carboxylic acids is 2. The monoisotopic (exact) mass is 348 g/mol. The van der Waals surface area contributed by atoms with Gasteiger partial charge in [0.15, 0.2) is 6.29 Å². The summed E-state index contributed by atoms with van der Waals surface area (Å²) in [6.45, 7) is 0.320. The lowest BCUT2D eigenvalue weighted by Gasteiger charge is -2.31. The molecule has 0 atom stereocenters. The van der Waals surface area contributed by atoms with E-state index in [2.05, 4.69) is 0 Å². The van der Waals surface area contributed by atoms with Crippen LogP contribution in [0.25, 0.3) is 0 Å². The summed E-state index contributed by atoms with van der Waals surface area (Å²) in [6, 6.07) is 4.41. The molecule has 0 aliphatic heterocycles. The number of hydrogen-bond donors (Lipinski definition) is 0. The van der Waals surface area contributed by atoms with Gasteiger partial charge in [0.1, 0.15) is 5.75 Å². The predicted octanol–water partition coefficient (Wildman–Crippen LogP) is 3.36. The summed E-state index contributed by atoms with van der Waals surface area (Å²) in [7, 11) is 1.87. The average Bonchev–Trinajstić information content (AvgIpc) is 2.64. The van der Waals surface area contributed by atoms with Gasteiger partial charge in [-0.05, 0) is 31.4 Å². The van der Waals surface area contributed by atoms with E-state index in [9.17, 15) is 19.7 Å². The van der Waals surface area contributed by atoms with Crippen molar-refractivity contribution in [1.82, 2.24) is 4.90 Å². The maximum atomic E-state index is 12.2. The van der Waals surface area contributed by atoms with Gasteiger partial charge < -0.3 is 9.64 Å². The Hall–Kier alpha value is -2.44. The minimum Gasteiger partial charge on any atom is -0.494 e. The zero-order valence-corrected chi connectivity index (χ0v) is 14.5. The number of amides is 1. The number of rotatable bonds is 8. The number of nitrogens with zero attached hydrogens (tertiary/aromatic N) is 2. The molecule has 136 valence electrons. The summed E-state index contributed by atoms with van der Waals surface area (Å²) in [6.07, 6.45) is 7.18. The topological polar surface area (TPSA) is 89.8 Å². The molecule has 2 rings (SSSR count). The van der Waals surface area contributed by atoms with E-state index >= 15 is 0 Å². The molecular formula is C18H24N2O5. The van der Waals surface area contributed by atoms with Crippen molar-refractivity contribution in [1.29, 1.82) is 0 Å². The summed E-state index contributed by atoms with van der Waals surface area (Å²) in [4.78, 5) is 35.2. The third kappa shape index (κ3) is 5.27. The fraction of sp³-hybridized carbons (Fsp3) is 0.556. The van der Waals surface area contributed by atoms with Gasteiger partial charge in [0.05, 0.1) is 17.1 Å². The zero-order valence-electron chi connectivity index (χ0n) is 14.5. The van der Waals surface area contributed by atoms with Crippen molar-refractivity contribution >= 4 is 17.9 Å². The van der Waals surface area contributed by atoms with Gasteiger partial charge in [-0.1, -0.05) is 19.3 Å². The summed E-state index contributed by atoms with van der Waals surface area (Å²) in [5, 5.41) is 10.8. The second-order valence-electron chi connectivity index (χ2n) is 6.34. The second kappa shape index (κ2) is 9.15. The molecule has 25 heavy (non-hydrogen) atoms. The first kappa shape index (κ1) is 18.9. The SMILES string of the molecule is CN(C(=O)CCCOc1ccc([N+](=O)[O-])c(C=O)c1)C1CCCCC1. The maximum absolute atomic E-state index is 12.2. The van der Waals surface area contributed by atoms with Crippen molar-refractivity contribution in [3.8, 4) is 5.75 Å². The fourth-order valence-corrected chi connectivity index (χ4v) is 3.14. The average molecular weight is 348 g/mol. The molecule has 0 heterocycles. The normalized spacial score (nSPS) is 14.8. The lowest BCUT2D eigenvalue weighted by Crippen LogP contribution is -2.38. The standard InChI is InChI=1S/C18H24N2O5/c1-19(15-6-3-2-4-7-15)18(22)8-5-11-25-16-9-10-17(20(23)24)14(12-16)13-21/h9-10,12-13,15H,2-8,11H2,1H3. The van der Waals surface area contributed by atoms with Gasteiger partial charge >= 0.3 is 0 Å². The van der Waals surface area contributed by atoms with Crippen molar-refractivity contribution < 1.29 is 19.2 Å². The van der Waals surface area contributed by atoms with E-state index in [1.807, 2.05) is 11.9 Å². The highest BCUT2D eigenvalue weighted by Gasteiger charge is 2.21. The molecule has 1 amide bonds. The molecule has 1 fully saturated rings. The third-order valence-electron chi connectivity index (χ3n) is 4.64. The highest BCUT2D eigenvalue weighted by atomic mass is 16.6. The van der Waals surface area contributed by atoms with E-state index in [-0.39, 0.29) is 17.2 Å². The minimum atomic E-state index is -0.604. The van der Waals surface area contributed by atoms with Crippen molar-refractivity contribution in [2.45, 2.75) is 51.0 Å². The first-order valence-electron chi connectivity index (χ1n) is 8.65. The Labute approximate surface area is 147 Å². The molecule has 0 aromatic heterocycles. The van der Waals surface area contributed by atoms with Crippen LogP contribution < -0.4 is 4.74 Å². The summed E-state index contributed by atoms with van der Waals surface area (Å²) < 4.78 is 5.51. The molecule has 1 aromatic carbocycles. The quantitative estimate of drug-likeness (QED) is 0.311. The third-order valence-corrected chi connectivity index (χ3v) is 4.64. The number of benzene rings is 1. The Balaban J connectivity index is 1.77. The van der Waals surface area contributed by atoms with E-state index in [0.29, 0.717) is 37.5 Å². The van der Waals surface area contributed by atoms with Crippen LogP contribution in [0.15, 0.2) is 18.2 Å². The minimum absolute atomic E-state index is 0.0180. The predicted molar refractivity (Wildman–Crippen MR) is 92.9 cm³/mol. The Morgan fingerprint density at radius 1 is 1.36 bits per heavy atom. The molecule has 1 saturated carbocycles. The molecule has 1 aliphatic rings. The molecule has 1 aliphatic carbocycles. The van der Waals surface area contributed by atoms with Gasteiger partial charge in [0, 0.05) is 25.6 Å². The lowest BCUT2D eigenvalue weighted by molar-refractivity contribution is -0.385. The molecule has 0 bridgehead atoms. The molecule has 0 saturated heterocycles. The van der Waals surface area contributed by atoms with E-state index in [0.717, 1.165) is 12.8 Å². The zero-order chi connectivity index (χ0) is 18.2. The molecular weight excluding hydrogens is 324 g/mol. The largest absolute Gasteiger partial charge is 0.494 e. The van der Waals surface area contributed by atoms with Gasteiger partial charge in [-0.2, -0.15) is 0 Å². The maximum Gasteiger partial charge on any atom is 0.280 e. The van der Waals surface area contributed by atoms with Crippen molar-refractivity contribution in [3.05, 3.63) is 33.9 Å². The number of hydrogen-bond acceptors (Lipinski definition) is 5. The summed E-state index contributed by atoms with van der Waals surface area (Å²) >= 11 is 0. The molecule has 0 radical (unpaired) electrons. The van der Waals surface area contributed by atoms with Gasteiger partial charge in [-0.15, -0.1) is 0 Å². The van der Waals surface area contributed by atoms with Gasteiger partial charge in [-0.3, -0.25) is 19.7 Å². The molecule has 7 heteroatoms. The van der Waals surface area contributed by atoms with Crippen molar-refractivity contribution in [2.24, 2.45) is 0 Å². The molecule has 0 N–H and O–H groups in total. The van der Waals surface area contributed by atoms with Crippen molar-refractivity contribution in [2.75, 3.05) is 13.7 Å². The van der Waals surface area contributed by atoms with Crippen LogP contribution in [0.5, 0.6) is 5.75 Å². The van der Waals surface area contributed by atoms with Crippen LogP contribution in [0.2, 0.25) is 0 Å². The van der Waals surface area contributed by atoms with Gasteiger partial charge in [0.25, 0.3) is 5.69 Å². The van der Waals surface area contributed by atoms with E-state index < -0.39 is 4.92 Å². The number of nitro groups is 1. The highest BCUT2D eigenvalue weighted by Crippen LogP contribution is 2.24. The van der Waals surface area contributed by atoms with Crippen LogP contribution in [-0.2, 0) is 4.79 Å². The Bertz CT molecular complexity index is 626. The summed E-state index contributed by atoms with van der Waals surface area (Å²) in [5.41, 5.74) is -0.262. The first-order chi connectivity index (χ1) is 12.0. The van der Waals surface area contributed by atoms with Crippen LogP contribution in [-0.4, -0.2) is 41.7 Å². The van der Waals surface area contributed by atoms with E-state index in [1.54, 1.807) is 0 Å². The number of aldehydes is 1. The number of carbonyl (C=O) groups is 2. The van der Waals surface area contributed by atoms with Crippen LogP contribution in [0, 0.1) is 10.1 Å². The smallest absolute Gasteiger partial charge is 0.280 e. The van der Waals surface area contributed by atoms with E-state index in [1.165, 1.54) is 37.5 Å². The van der Waals surface area contributed by atoms with Gasteiger partial charge in [0.2, 0.25) is 5.91 Å². The number of ether oxygens (including phenoxy) is 1.